The summed E-state index contributed by atoms with van der Waals surface area (Å²) in [6.07, 6.45) is 0.907. The molecule has 2 fully saturated rings. The van der Waals surface area contributed by atoms with Crippen LogP contribution in [-0.2, 0) is 4.79 Å². The molecule has 4 unspecified atom stereocenters. The lowest BCUT2D eigenvalue weighted by atomic mass is 9.83. The summed E-state index contributed by atoms with van der Waals surface area (Å²) in [5.74, 6) is 0.439. The summed E-state index contributed by atoms with van der Waals surface area (Å²) in [6, 6.07) is 17.3. The molecule has 3 N–H and O–H groups in total. The summed E-state index contributed by atoms with van der Waals surface area (Å²) in [6.45, 7) is 2.80. The monoisotopic (exact) mass is 337 g/mol. The molecule has 2 aliphatic heterocycles. The van der Waals surface area contributed by atoms with Gasteiger partial charge in [-0.2, -0.15) is 0 Å². The Morgan fingerprint density at radius 2 is 1.72 bits per heavy atom. The minimum Gasteiger partial charge on any atom is -0.508 e. The Labute approximate surface area is 147 Å². The van der Waals surface area contributed by atoms with Crippen LogP contribution in [-0.4, -0.2) is 28.5 Å². The molecule has 130 valence electrons. The third-order valence-electron chi connectivity index (χ3n) is 5.25. The molecule has 2 aromatic rings. The first-order valence-corrected chi connectivity index (χ1v) is 8.86. The van der Waals surface area contributed by atoms with Gasteiger partial charge in [0.2, 0.25) is 5.91 Å². The van der Waals surface area contributed by atoms with Gasteiger partial charge in [-0.05, 0) is 29.7 Å². The van der Waals surface area contributed by atoms with Gasteiger partial charge >= 0.3 is 0 Å². The summed E-state index contributed by atoms with van der Waals surface area (Å²) in [5.41, 5.74) is 8.69. The number of carbonyl (C=O) groups is 1. The first kappa shape index (κ1) is 16.1. The van der Waals surface area contributed by atoms with Gasteiger partial charge in [0.1, 0.15) is 11.8 Å². The Morgan fingerprint density at radius 1 is 1.00 bits per heavy atom. The normalized spacial score (nSPS) is 28.4. The SMILES string of the molecule is CCCN1C(=O)C2NNC(c3ccccc3)C2C1c1cccc(O)c1. The van der Waals surface area contributed by atoms with Crippen molar-refractivity contribution in [2.45, 2.75) is 31.5 Å². The van der Waals surface area contributed by atoms with Crippen molar-refractivity contribution in [2.24, 2.45) is 5.92 Å². The fraction of sp³-hybridized carbons (Fsp3) is 0.350. The highest BCUT2D eigenvalue weighted by atomic mass is 16.3. The summed E-state index contributed by atoms with van der Waals surface area (Å²) in [4.78, 5) is 14.9. The Kier molecular flexibility index (Phi) is 4.19. The van der Waals surface area contributed by atoms with Crippen LogP contribution in [0, 0.1) is 5.92 Å². The van der Waals surface area contributed by atoms with Crippen molar-refractivity contribution in [1.29, 1.82) is 0 Å². The van der Waals surface area contributed by atoms with E-state index in [-0.39, 0.29) is 35.7 Å². The minimum absolute atomic E-state index is 0.0457. The molecular formula is C20H23N3O2. The largest absolute Gasteiger partial charge is 0.508 e. The molecular weight excluding hydrogens is 314 g/mol. The van der Waals surface area contributed by atoms with Crippen LogP contribution in [0.1, 0.15) is 36.6 Å². The number of amides is 1. The van der Waals surface area contributed by atoms with Gasteiger partial charge in [-0.15, -0.1) is 0 Å². The van der Waals surface area contributed by atoms with Gasteiger partial charge in [0, 0.05) is 12.5 Å². The number of fused-ring (bicyclic) bond motifs is 1. The Morgan fingerprint density at radius 3 is 2.44 bits per heavy atom. The third kappa shape index (κ3) is 2.69. The average molecular weight is 337 g/mol. The van der Waals surface area contributed by atoms with E-state index in [9.17, 15) is 9.90 Å². The zero-order chi connectivity index (χ0) is 17.4. The highest BCUT2D eigenvalue weighted by molar-refractivity contribution is 5.86. The van der Waals surface area contributed by atoms with E-state index in [2.05, 4.69) is 29.9 Å². The predicted octanol–water partition coefficient (Wildman–Crippen LogP) is 2.52. The summed E-state index contributed by atoms with van der Waals surface area (Å²) < 4.78 is 0. The number of aromatic hydroxyl groups is 1. The van der Waals surface area contributed by atoms with E-state index in [1.165, 1.54) is 5.56 Å². The second kappa shape index (κ2) is 6.50. The minimum atomic E-state index is -0.246. The quantitative estimate of drug-likeness (QED) is 0.802. The van der Waals surface area contributed by atoms with Crippen molar-refractivity contribution < 1.29 is 9.90 Å². The molecule has 0 radical (unpaired) electrons. The predicted molar refractivity (Wildman–Crippen MR) is 95.6 cm³/mol. The van der Waals surface area contributed by atoms with Crippen LogP contribution in [0.5, 0.6) is 5.75 Å². The number of phenols is 1. The van der Waals surface area contributed by atoms with Gasteiger partial charge in [-0.3, -0.25) is 4.79 Å². The molecule has 2 saturated heterocycles. The van der Waals surface area contributed by atoms with Gasteiger partial charge in [0.25, 0.3) is 0 Å². The van der Waals surface area contributed by atoms with E-state index in [0.717, 1.165) is 18.5 Å². The van der Waals surface area contributed by atoms with Gasteiger partial charge in [0.15, 0.2) is 0 Å². The van der Waals surface area contributed by atoms with E-state index >= 15 is 0 Å². The van der Waals surface area contributed by atoms with Crippen LogP contribution in [0.25, 0.3) is 0 Å². The summed E-state index contributed by atoms with van der Waals surface area (Å²) >= 11 is 0. The Balaban J connectivity index is 1.77. The van der Waals surface area contributed by atoms with E-state index in [1.54, 1.807) is 12.1 Å². The Bertz CT molecular complexity index is 765. The van der Waals surface area contributed by atoms with Crippen molar-refractivity contribution in [3.05, 3.63) is 65.7 Å². The molecule has 5 nitrogen and oxygen atoms in total. The van der Waals surface area contributed by atoms with E-state index in [0.29, 0.717) is 0 Å². The number of nitrogens with one attached hydrogen (secondary N) is 2. The molecule has 25 heavy (non-hydrogen) atoms. The number of nitrogens with zero attached hydrogens (tertiary/aromatic N) is 1. The fourth-order valence-electron chi connectivity index (χ4n) is 4.25. The summed E-state index contributed by atoms with van der Waals surface area (Å²) in [7, 11) is 0. The maximum Gasteiger partial charge on any atom is 0.242 e. The number of rotatable bonds is 4. The van der Waals surface area contributed by atoms with Crippen LogP contribution >= 0.6 is 0 Å². The molecule has 4 atom stereocenters. The molecule has 4 rings (SSSR count). The number of benzene rings is 2. The van der Waals surface area contributed by atoms with Crippen LogP contribution in [0.3, 0.4) is 0 Å². The maximum atomic E-state index is 13.0. The maximum absolute atomic E-state index is 13.0. The Hall–Kier alpha value is -2.37. The smallest absolute Gasteiger partial charge is 0.242 e. The second-order valence-electron chi connectivity index (χ2n) is 6.80. The first-order valence-electron chi connectivity index (χ1n) is 8.86. The molecule has 2 aromatic carbocycles. The van der Waals surface area contributed by atoms with Crippen molar-refractivity contribution >= 4 is 5.91 Å². The highest BCUT2D eigenvalue weighted by Crippen LogP contribution is 2.47. The molecule has 2 heterocycles. The second-order valence-corrected chi connectivity index (χ2v) is 6.80. The van der Waals surface area contributed by atoms with Crippen molar-refractivity contribution in [3.63, 3.8) is 0 Å². The lowest BCUT2D eigenvalue weighted by Gasteiger charge is -2.31. The molecule has 0 aromatic heterocycles. The molecule has 0 saturated carbocycles. The first-order chi connectivity index (χ1) is 12.2. The lowest BCUT2D eigenvalue weighted by Crippen LogP contribution is -2.41. The van der Waals surface area contributed by atoms with Gasteiger partial charge < -0.3 is 10.0 Å². The zero-order valence-corrected chi connectivity index (χ0v) is 14.2. The number of hydrogen-bond acceptors (Lipinski definition) is 4. The number of phenolic OH excluding ortho intramolecular Hbond substituents is 1. The average Bonchev–Trinajstić information content (AvgIpc) is 3.16. The molecule has 0 bridgehead atoms. The van der Waals surface area contributed by atoms with E-state index < -0.39 is 0 Å². The van der Waals surface area contributed by atoms with Gasteiger partial charge in [-0.1, -0.05) is 49.4 Å². The number of hydrogen-bond donors (Lipinski definition) is 3. The van der Waals surface area contributed by atoms with Gasteiger partial charge in [0.05, 0.1) is 12.1 Å². The molecule has 2 aliphatic rings. The molecule has 5 heteroatoms. The van der Waals surface area contributed by atoms with Crippen LogP contribution < -0.4 is 10.9 Å². The number of carbonyl (C=O) groups excluding carboxylic acids is 1. The van der Waals surface area contributed by atoms with Crippen LogP contribution in [0.15, 0.2) is 54.6 Å². The van der Waals surface area contributed by atoms with E-state index in [1.807, 2.05) is 35.2 Å². The van der Waals surface area contributed by atoms with Crippen molar-refractivity contribution in [3.8, 4) is 5.75 Å². The van der Waals surface area contributed by atoms with Gasteiger partial charge in [-0.25, -0.2) is 10.9 Å². The number of hydrazine groups is 1. The third-order valence-corrected chi connectivity index (χ3v) is 5.25. The molecule has 0 aliphatic carbocycles. The van der Waals surface area contributed by atoms with Crippen molar-refractivity contribution in [1.82, 2.24) is 15.8 Å². The summed E-state index contributed by atoms with van der Waals surface area (Å²) in [5, 5.41) is 9.94. The van der Waals surface area contributed by atoms with Crippen molar-refractivity contribution in [2.75, 3.05) is 6.54 Å². The van der Waals surface area contributed by atoms with Crippen LogP contribution in [0.4, 0.5) is 0 Å². The molecule has 0 spiro atoms. The highest BCUT2D eigenvalue weighted by Gasteiger charge is 2.55. The fourth-order valence-corrected chi connectivity index (χ4v) is 4.25. The van der Waals surface area contributed by atoms with E-state index in [4.69, 9.17) is 0 Å². The molecule has 1 amide bonds. The lowest BCUT2D eigenvalue weighted by molar-refractivity contribution is -0.130. The number of likely N-dealkylation sites (tertiary alicyclic amines) is 1. The zero-order valence-electron chi connectivity index (χ0n) is 14.2. The van der Waals surface area contributed by atoms with Crippen LogP contribution in [0.2, 0.25) is 0 Å². The topological polar surface area (TPSA) is 64.6 Å². The standard InChI is InChI=1S/C20H23N3O2/c1-2-11-23-19(14-9-6-10-15(24)12-14)16-17(13-7-4-3-5-8-13)21-22-18(16)20(23)25/h3-10,12,16-19,21-22,24H,2,11H2,1H3.